The Labute approximate surface area is 137 Å². The largest absolute Gasteiger partial charge is 0.378 e. The maximum Gasteiger partial charge on any atom is 0.254 e. The first-order valence-corrected chi connectivity index (χ1v) is 9.41. The Hall–Kier alpha value is -1.44. The van der Waals surface area contributed by atoms with E-state index in [-0.39, 0.29) is 10.8 Å². The molecule has 1 aliphatic rings. The summed E-state index contributed by atoms with van der Waals surface area (Å²) in [6.07, 6.45) is 1.70. The zero-order chi connectivity index (χ0) is 16.9. The van der Waals surface area contributed by atoms with Crippen molar-refractivity contribution in [1.29, 1.82) is 0 Å². The van der Waals surface area contributed by atoms with Gasteiger partial charge in [-0.1, -0.05) is 19.4 Å². The molecule has 1 aromatic rings. The maximum absolute atomic E-state index is 12.6. The number of unbranched alkanes of at least 4 members (excludes halogenated alkanes) is 1. The number of aryl methyl sites for hydroxylation is 1. The SMILES string of the molecule is CCCCNS(=O)(=O)c1ccc(C)c(C(=O)N2CCOCC2)c1. The molecular formula is C16H24N2O4S. The fourth-order valence-corrected chi connectivity index (χ4v) is 3.50. The lowest BCUT2D eigenvalue weighted by atomic mass is 10.1. The van der Waals surface area contributed by atoms with Gasteiger partial charge in [0, 0.05) is 25.2 Å². The average Bonchev–Trinajstić information content (AvgIpc) is 2.55. The fraction of sp³-hybridized carbons (Fsp3) is 0.562. The topological polar surface area (TPSA) is 75.7 Å². The van der Waals surface area contributed by atoms with Crippen LogP contribution in [0.1, 0.15) is 35.7 Å². The van der Waals surface area contributed by atoms with Gasteiger partial charge in [-0.3, -0.25) is 4.79 Å². The smallest absolute Gasteiger partial charge is 0.254 e. The molecule has 1 amide bonds. The van der Waals surface area contributed by atoms with Crippen molar-refractivity contribution in [2.24, 2.45) is 0 Å². The second kappa shape index (κ2) is 7.90. The van der Waals surface area contributed by atoms with Crippen LogP contribution in [0.15, 0.2) is 23.1 Å². The number of amides is 1. The normalized spacial score (nSPS) is 15.7. The molecule has 128 valence electrons. The number of sulfonamides is 1. The van der Waals surface area contributed by atoms with Crippen LogP contribution >= 0.6 is 0 Å². The van der Waals surface area contributed by atoms with E-state index in [2.05, 4.69) is 4.72 Å². The van der Waals surface area contributed by atoms with Gasteiger partial charge in [-0.05, 0) is 31.0 Å². The second-order valence-electron chi connectivity index (χ2n) is 5.63. The molecule has 0 radical (unpaired) electrons. The highest BCUT2D eigenvalue weighted by Crippen LogP contribution is 2.18. The molecule has 1 heterocycles. The van der Waals surface area contributed by atoms with E-state index in [1.807, 2.05) is 13.8 Å². The van der Waals surface area contributed by atoms with Crippen molar-refractivity contribution in [1.82, 2.24) is 9.62 Å². The van der Waals surface area contributed by atoms with E-state index in [1.54, 1.807) is 17.0 Å². The molecule has 2 rings (SSSR count). The summed E-state index contributed by atoms with van der Waals surface area (Å²) < 4.78 is 32.4. The zero-order valence-electron chi connectivity index (χ0n) is 13.7. The highest BCUT2D eigenvalue weighted by Gasteiger charge is 2.22. The molecule has 0 aromatic heterocycles. The van der Waals surface area contributed by atoms with Crippen LogP contribution in [-0.2, 0) is 14.8 Å². The van der Waals surface area contributed by atoms with E-state index in [1.165, 1.54) is 6.07 Å². The first-order chi connectivity index (χ1) is 11.0. The lowest BCUT2D eigenvalue weighted by Crippen LogP contribution is -2.41. The van der Waals surface area contributed by atoms with Crippen LogP contribution in [0.5, 0.6) is 0 Å². The number of ether oxygens (including phenoxy) is 1. The van der Waals surface area contributed by atoms with E-state index >= 15 is 0 Å². The van der Waals surface area contributed by atoms with E-state index in [0.717, 1.165) is 18.4 Å². The summed E-state index contributed by atoms with van der Waals surface area (Å²) >= 11 is 0. The Bertz CT molecular complexity index is 652. The lowest BCUT2D eigenvalue weighted by molar-refractivity contribution is 0.0302. The summed E-state index contributed by atoms with van der Waals surface area (Å²) in [5.41, 5.74) is 1.21. The Kier molecular flexibility index (Phi) is 6.15. The van der Waals surface area contributed by atoms with Gasteiger partial charge in [0.1, 0.15) is 0 Å². The van der Waals surface area contributed by atoms with Crippen molar-refractivity contribution >= 4 is 15.9 Å². The Balaban J connectivity index is 2.22. The Morgan fingerprint density at radius 2 is 2.00 bits per heavy atom. The van der Waals surface area contributed by atoms with Gasteiger partial charge >= 0.3 is 0 Å². The van der Waals surface area contributed by atoms with Crippen molar-refractivity contribution < 1.29 is 17.9 Å². The standard InChI is InChI=1S/C16H24N2O4S/c1-3-4-7-17-23(20,21)14-6-5-13(2)15(12-14)16(19)18-8-10-22-11-9-18/h5-6,12,17H,3-4,7-11H2,1-2H3. The van der Waals surface area contributed by atoms with E-state index in [9.17, 15) is 13.2 Å². The number of hydrogen-bond donors (Lipinski definition) is 1. The number of rotatable bonds is 6. The monoisotopic (exact) mass is 340 g/mol. The number of carbonyl (C=O) groups is 1. The summed E-state index contributed by atoms with van der Waals surface area (Å²) in [4.78, 5) is 14.5. The molecule has 0 atom stereocenters. The van der Waals surface area contributed by atoms with Gasteiger partial charge in [0.15, 0.2) is 0 Å². The molecule has 23 heavy (non-hydrogen) atoms. The molecule has 1 aliphatic heterocycles. The van der Waals surface area contributed by atoms with Crippen LogP contribution in [0, 0.1) is 6.92 Å². The third kappa shape index (κ3) is 4.53. The molecule has 1 fully saturated rings. The molecule has 0 saturated carbocycles. The molecule has 1 N–H and O–H groups in total. The highest BCUT2D eigenvalue weighted by atomic mass is 32.2. The Morgan fingerprint density at radius 1 is 1.30 bits per heavy atom. The van der Waals surface area contributed by atoms with Gasteiger partial charge in [-0.2, -0.15) is 0 Å². The first-order valence-electron chi connectivity index (χ1n) is 7.93. The Morgan fingerprint density at radius 3 is 2.65 bits per heavy atom. The van der Waals surface area contributed by atoms with Gasteiger partial charge in [0.25, 0.3) is 5.91 Å². The van der Waals surface area contributed by atoms with Crippen LogP contribution in [0.25, 0.3) is 0 Å². The molecule has 0 spiro atoms. The predicted molar refractivity (Wildman–Crippen MR) is 88.0 cm³/mol. The molecule has 1 saturated heterocycles. The zero-order valence-corrected chi connectivity index (χ0v) is 14.5. The number of carbonyl (C=O) groups excluding carboxylic acids is 1. The van der Waals surface area contributed by atoms with Crippen molar-refractivity contribution in [3.8, 4) is 0 Å². The number of morpholine rings is 1. The summed E-state index contributed by atoms with van der Waals surface area (Å²) in [6, 6.07) is 4.70. The van der Waals surface area contributed by atoms with Crippen molar-refractivity contribution in [2.75, 3.05) is 32.8 Å². The van der Waals surface area contributed by atoms with Gasteiger partial charge in [-0.15, -0.1) is 0 Å². The summed E-state index contributed by atoms with van der Waals surface area (Å²) in [6.45, 7) is 6.31. The average molecular weight is 340 g/mol. The summed E-state index contributed by atoms with van der Waals surface area (Å²) in [5.74, 6) is -0.142. The van der Waals surface area contributed by atoms with Gasteiger partial charge in [-0.25, -0.2) is 13.1 Å². The van der Waals surface area contributed by atoms with Crippen LogP contribution < -0.4 is 4.72 Å². The molecule has 1 aromatic carbocycles. The summed E-state index contributed by atoms with van der Waals surface area (Å²) in [7, 11) is -3.58. The lowest BCUT2D eigenvalue weighted by Gasteiger charge is -2.27. The third-order valence-corrected chi connectivity index (χ3v) is 5.33. The van der Waals surface area contributed by atoms with Crippen LogP contribution in [0.2, 0.25) is 0 Å². The molecule has 6 nitrogen and oxygen atoms in total. The molecular weight excluding hydrogens is 316 g/mol. The van der Waals surface area contributed by atoms with Gasteiger partial charge in [0.05, 0.1) is 18.1 Å². The molecule has 0 aliphatic carbocycles. The van der Waals surface area contributed by atoms with Crippen molar-refractivity contribution in [3.05, 3.63) is 29.3 Å². The van der Waals surface area contributed by atoms with E-state index in [4.69, 9.17) is 4.74 Å². The fourth-order valence-electron chi connectivity index (χ4n) is 2.40. The van der Waals surface area contributed by atoms with Gasteiger partial charge in [0.2, 0.25) is 10.0 Å². The molecule has 0 bridgehead atoms. The van der Waals surface area contributed by atoms with E-state index < -0.39 is 10.0 Å². The third-order valence-electron chi connectivity index (χ3n) is 3.87. The minimum atomic E-state index is -3.58. The van der Waals surface area contributed by atoms with Crippen LogP contribution in [0.4, 0.5) is 0 Å². The number of hydrogen-bond acceptors (Lipinski definition) is 4. The number of nitrogens with zero attached hydrogens (tertiary/aromatic N) is 1. The minimum absolute atomic E-state index is 0.135. The first kappa shape index (κ1) is 17.9. The van der Waals surface area contributed by atoms with Crippen LogP contribution in [-0.4, -0.2) is 52.1 Å². The number of benzene rings is 1. The second-order valence-corrected chi connectivity index (χ2v) is 7.40. The quantitative estimate of drug-likeness (QED) is 0.797. The van der Waals surface area contributed by atoms with Gasteiger partial charge < -0.3 is 9.64 Å². The summed E-state index contributed by atoms with van der Waals surface area (Å²) in [5, 5.41) is 0. The molecule has 0 unspecified atom stereocenters. The maximum atomic E-state index is 12.6. The minimum Gasteiger partial charge on any atom is -0.378 e. The van der Waals surface area contributed by atoms with E-state index in [0.29, 0.717) is 38.4 Å². The van der Waals surface area contributed by atoms with Crippen LogP contribution in [0.3, 0.4) is 0 Å². The highest BCUT2D eigenvalue weighted by molar-refractivity contribution is 7.89. The molecule has 7 heteroatoms. The number of nitrogens with one attached hydrogen (secondary N) is 1. The predicted octanol–water partition coefficient (Wildman–Crippen LogP) is 1.55. The van der Waals surface area contributed by atoms with Crippen molar-refractivity contribution in [3.63, 3.8) is 0 Å². The van der Waals surface area contributed by atoms with Crippen molar-refractivity contribution in [2.45, 2.75) is 31.6 Å².